The monoisotopic (exact) mass is 126 g/mol. The van der Waals surface area contributed by atoms with Crippen molar-refractivity contribution in [2.45, 2.75) is 19.8 Å². The first-order valence-electron chi connectivity index (χ1n) is 3.59. The van der Waals surface area contributed by atoms with Crippen molar-refractivity contribution in [3.05, 3.63) is 0 Å². The fourth-order valence-corrected chi connectivity index (χ4v) is 1.31. The molecule has 1 rings (SSSR count). The molecule has 0 amide bonds. The van der Waals surface area contributed by atoms with Gasteiger partial charge in [0, 0.05) is 26.6 Å². The van der Waals surface area contributed by atoms with Gasteiger partial charge in [0.15, 0.2) is 0 Å². The topological polar surface area (TPSA) is 15.6 Å². The molecule has 0 spiro atoms. The van der Waals surface area contributed by atoms with Crippen LogP contribution in [0.15, 0.2) is 4.99 Å². The number of hydrogen-bond donors (Lipinski definition) is 0. The van der Waals surface area contributed by atoms with E-state index in [-0.39, 0.29) is 0 Å². The van der Waals surface area contributed by atoms with Crippen molar-refractivity contribution in [2.75, 3.05) is 20.1 Å². The van der Waals surface area contributed by atoms with Crippen molar-refractivity contribution < 1.29 is 0 Å². The summed E-state index contributed by atoms with van der Waals surface area (Å²) in [6.45, 7) is 4.51. The van der Waals surface area contributed by atoms with Gasteiger partial charge in [0.2, 0.25) is 0 Å². The normalized spacial score (nSPS) is 23.8. The Labute approximate surface area is 56.6 Å². The summed E-state index contributed by atoms with van der Waals surface area (Å²) in [5, 5.41) is 0. The van der Waals surface area contributed by atoms with Gasteiger partial charge in [-0.2, -0.15) is 0 Å². The highest BCUT2D eigenvalue weighted by atomic mass is 15.2. The number of hydrogen-bond acceptors (Lipinski definition) is 1. The van der Waals surface area contributed by atoms with Gasteiger partial charge in [-0.1, -0.05) is 0 Å². The fraction of sp³-hybridized carbons (Fsp3) is 0.857. The van der Waals surface area contributed by atoms with E-state index in [9.17, 15) is 0 Å². The van der Waals surface area contributed by atoms with E-state index < -0.39 is 0 Å². The van der Waals surface area contributed by atoms with E-state index >= 15 is 0 Å². The van der Waals surface area contributed by atoms with Crippen LogP contribution in [0.25, 0.3) is 0 Å². The molecule has 1 saturated heterocycles. The Balaban J connectivity index is 2.52. The third-order valence-corrected chi connectivity index (χ3v) is 1.83. The smallest absolute Gasteiger partial charge is 0.0986 e. The Bertz CT molecular complexity index is 118. The summed E-state index contributed by atoms with van der Waals surface area (Å²) in [4.78, 5) is 6.52. The van der Waals surface area contributed by atoms with Gasteiger partial charge in [-0.15, -0.1) is 0 Å². The highest BCUT2D eigenvalue weighted by Crippen LogP contribution is 2.09. The average molecular weight is 126 g/mol. The van der Waals surface area contributed by atoms with E-state index in [0.29, 0.717) is 0 Å². The molecule has 0 aromatic carbocycles. The Morgan fingerprint density at radius 3 is 2.89 bits per heavy atom. The SMILES string of the molecule is CCN1CCC/C1=N\C. The largest absolute Gasteiger partial charge is 0.361 e. The van der Waals surface area contributed by atoms with Crippen molar-refractivity contribution in [1.29, 1.82) is 0 Å². The molecule has 1 fully saturated rings. The highest BCUT2D eigenvalue weighted by Gasteiger charge is 2.14. The lowest BCUT2D eigenvalue weighted by molar-refractivity contribution is 0.478. The van der Waals surface area contributed by atoms with E-state index in [0.717, 1.165) is 6.54 Å². The third-order valence-electron chi connectivity index (χ3n) is 1.83. The minimum Gasteiger partial charge on any atom is -0.361 e. The van der Waals surface area contributed by atoms with Crippen LogP contribution in [0.1, 0.15) is 19.8 Å². The molecule has 0 atom stereocenters. The summed E-state index contributed by atoms with van der Waals surface area (Å²) in [6, 6.07) is 0. The van der Waals surface area contributed by atoms with Gasteiger partial charge in [-0.05, 0) is 13.3 Å². The first-order valence-corrected chi connectivity index (χ1v) is 3.59. The maximum Gasteiger partial charge on any atom is 0.0986 e. The Morgan fingerprint density at radius 1 is 1.67 bits per heavy atom. The molecule has 1 heterocycles. The van der Waals surface area contributed by atoms with Crippen LogP contribution in [0.5, 0.6) is 0 Å². The molecule has 2 heteroatoms. The summed E-state index contributed by atoms with van der Waals surface area (Å²) >= 11 is 0. The van der Waals surface area contributed by atoms with Crippen LogP contribution in [-0.2, 0) is 0 Å². The molecule has 0 N–H and O–H groups in total. The molecule has 0 unspecified atom stereocenters. The van der Waals surface area contributed by atoms with Gasteiger partial charge in [0.05, 0.1) is 5.84 Å². The maximum absolute atomic E-state index is 4.18. The van der Waals surface area contributed by atoms with E-state index in [4.69, 9.17) is 0 Å². The molecule has 0 saturated carbocycles. The van der Waals surface area contributed by atoms with Crippen LogP contribution in [0.2, 0.25) is 0 Å². The molecule has 1 aliphatic heterocycles. The summed E-state index contributed by atoms with van der Waals surface area (Å²) in [7, 11) is 1.88. The number of aliphatic imine (C=N–C) groups is 1. The lowest BCUT2D eigenvalue weighted by Crippen LogP contribution is -2.23. The number of likely N-dealkylation sites (tertiary alicyclic amines) is 1. The molecule has 9 heavy (non-hydrogen) atoms. The highest BCUT2D eigenvalue weighted by molar-refractivity contribution is 5.83. The molecule has 52 valence electrons. The Kier molecular flexibility index (Phi) is 2.09. The van der Waals surface area contributed by atoms with Crippen molar-refractivity contribution >= 4 is 5.84 Å². The fourth-order valence-electron chi connectivity index (χ4n) is 1.31. The van der Waals surface area contributed by atoms with Crippen molar-refractivity contribution in [3.8, 4) is 0 Å². The number of rotatable bonds is 1. The van der Waals surface area contributed by atoms with Crippen LogP contribution in [0.3, 0.4) is 0 Å². The lowest BCUT2D eigenvalue weighted by atomic mass is 10.4. The van der Waals surface area contributed by atoms with Crippen LogP contribution in [0.4, 0.5) is 0 Å². The van der Waals surface area contributed by atoms with E-state index in [2.05, 4.69) is 16.8 Å². The second-order valence-corrected chi connectivity index (χ2v) is 2.32. The van der Waals surface area contributed by atoms with Crippen molar-refractivity contribution in [2.24, 2.45) is 4.99 Å². The van der Waals surface area contributed by atoms with Crippen molar-refractivity contribution in [1.82, 2.24) is 4.90 Å². The van der Waals surface area contributed by atoms with Gasteiger partial charge in [0.25, 0.3) is 0 Å². The minimum atomic E-state index is 1.12. The van der Waals surface area contributed by atoms with Crippen LogP contribution in [0, 0.1) is 0 Å². The Hall–Kier alpha value is -0.530. The first kappa shape index (κ1) is 6.59. The lowest BCUT2D eigenvalue weighted by Gasteiger charge is -2.14. The first-order chi connectivity index (χ1) is 4.38. The summed E-state index contributed by atoms with van der Waals surface area (Å²) in [5.74, 6) is 1.29. The Morgan fingerprint density at radius 2 is 2.44 bits per heavy atom. The van der Waals surface area contributed by atoms with E-state index in [1.165, 1.54) is 25.2 Å². The third kappa shape index (κ3) is 1.23. The summed E-state index contributed by atoms with van der Waals surface area (Å²) < 4.78 is 0. The second-order valence-electron chi connectivity index (χ2n) is 2.32. The number of amidine groups is 1. The zero-order valence-electron chi connectivity index (χ0n) is 6.22. The van der Waals surface area contributed by atoms with Crippen LogP contribution < -0.4 is 0 Å². The molecule has 0 radical (unpaired) electrons. The van der Waals surface area contributed by atoms with Gasteiger partial charge < -0.3 is 4.90 Å². The predicted molar refractivity (Wildman–Crippen MR) is 39.8 cm³/mol. The molecule has 1 aliphatic rings. The maximum atomic E-state index is 4.18. The average Bonchev–Trinajstić information content (AvgIpc) is 2.33. The molecule has 0 bridgehead atoms. The van der Waals surface area contributed by atoms with Gasteiger partial charge >= 0.3 is 0 Å². The van der Waals surface area contributed by atoms with Crippen LogP contribution >= 0.6 is 0 Å². The van der Waals surface area contributed by atoms with E-state index in [1.807, 2.05) is 7.05 Å². The van der Waals surface area contributed by atoms with Crippen LogP contribution in [-0.4, -0.2) is 30.9 Å². The molecule has 0 aromatic rings. The van der Waals surface area contributed by atoms with Gasteiger partial charge in [0.1, 0.15) is 0 Å². The predicted octanol–water partition coefficient (Wildman–Crippen LogP) is 1.13. The second kappa shape index (κ2) is 2.85. The van der Waals surface area contributed by atoms with Gasteiger partial charge in [-0.25, -0.2) is 0 Å². The van der Waals surface area contributed by atoms with Gasteiger partial charge in [-0.3, -0.25) is 4.99 Å². The van der Waals surface area contributed by atoms with Crippen molar-refractivity contribution in [3.63, 3.8) is 0 Å². The number of nitrogens with zero attached hydrogens (tertiary/aromatic N) is 2. The molecule has 0 aliphatic carbocycles. The molecule has 0 aromatic heterocycles. The molecular weight excluding hydrogens is 112 g/mol. The minimum absolute atomic E-state index is 1.12. The van der Waals surface area contributed by atoms with E-state index in [1.54, 1.807) is 0 Å². The zero-order chi connectivity index (χ0) is 6.69. The molecular formula is C7H14N2. The standard InChI is InChI=1S/C7H14N2/c1-3-9-6-4-5-7(9)8-2/h3-6H2,1-2H3/b8-7+. The quantitative estimate of drug-likeness (QED) is 0.514. The molecule has 2 nitrogen and oxygen atoms in total. The summed E-state index contributed by atoms with van der Waals surface area (Å²) in [5.41, 5.74) is 0. The summed E-state index contributed by atoms with van der Waals surface area (Å²) in [6.07, 6.45) is 2.48. The zero-order valence-corrected chi connectivity index (χ0v) is 6.22.